The van der Waals surface area contributed by atoms with Crippen LogP contribution in [0.3, 0.4) is 0 Å². The molecule has 46 heteroatoms. The van der Waals surface area contributed by atoms with Crippen LogP contribution in [0, 0.1) is 41.5 Å². The number of nitrogens with zero attached hydrogens (tertiary/aromatic N) is 14. The number of benzene rings is 2. The predicted octanol–water partition coefficient (Wildman–Crippen LogP) is 7.50. The summed E-state index contributed by atoms with van der Waals surface area (Å²) >= 11 is 0. The fourth-order valence-electron chi connectivity index (χ4n) is 11.5. The van der Waals surface area contributed by atoms with E-state index < -0.39 is 89.9 Å². The number of aryl methyl sites for hydroxylation is 4. The molecule has 42 nitrogen and oxygen atoms in total. The normalized spacial score (nSPS) is 11.4. The van der Waals surface area contributed by atoms with Crippen LogP contribution in [0.25, 0.3) is 32.3 Å². The number of rotatable bonds is 56. The van der Waals surface area contributed by atoms with Crippen molar-refractivity contribution in [3.05, 3.63) is 151 Å². The van der Waals surface area contributed by atoms with Crippen molar-refractivity contribution in [2.75, 3.05) is 175 Å². The summed E-state index contributed by atoms with van der Waals surface area (Å²) in [4.78, 5) is 127. The minimum Gasteiger partial charge on any atom is -0.870 e. The van der Waals surface area contributed by atoms with E-state index >= 15 is 0 Å². The third-order valence-corrected chi connectivity index (χ3v) is 17.3. The van der Waals surface area contributed by atoms with Gasteiger partial charge >= 0.3 is 49.2 Å². The van der Waals surface area contributed by atoms with Crippen LogP contribution in [0.2, 0.25) is 0 Å². The van der Waals surface area contributed by atoms with E-state index in [1.54, 1.807) is 112 Å². The molecule has 718 valence electrons. The zero-order chi connectivity index (χ0) is 95.2. The number of pyridine rings is 2. The monoisotopic (exact) mass is 1840 g/mol. The van der Waals surface area contributed by atoms with E-state index in [1.807, 2.05) is 65.8 Å². The van der Waals surface area contributed by atoms with Crippen molar-refractivity contribution >= 4 is 65.7 Å². The molecule has 0 aliphatic carbocycles. The molecule has 0 saturated heterocycles. The number of carboxylic acids is 1. The molecule has 4 heterocycles. The summed E-state index contributed by atoms with van der Waals surface area (Å²) in [6, 6.07) is 19.7. The number of halogens is 3. The Kier molecular flexibility index (Phi) is 56.0. The number of esters is 1. The van der Waals surface area contributed by atoms with Crippen LogP contribution in [-0.4, -0.2) is 277 Å². The molecule has 0 saturated carbocycles. The first-order valence-corrected chi connectivity index (χ1v) is 41.5. The molecule has 0 aliphatic rings. The summed E-state index contributed by atoms with van der Waals surface area (Å²) in [5, 5.41) is 36.5. The number of methoxy groups -OCH3 is 1. The van der Waals surface area contributed by atoms with Gasteiger partial charge in [0.15, 0.2) is 11.5 Å². The molecule has 131 heavy (non-hydrogen) atoms. The van der Waals surface area contributed by atoms with Gasteiger partial charge in [0, 0.05) is 61.2 Å². The molecule has 0 radical (unpaired) electrons. The average molecular weight is 1840 g/mol. The van der Waals surface area contributed by atoms with Gasteiger partial charge < -0.3 is 93.4 Å². The van der Waals surface area contributed by atoms with Crippen molar-refractivity contribution in [3.63, 3.8) is 0 Å². The number of hydrogen-bond acceptors (Lipinski definition) is 29. The van der Waals surface area contributed by atoms with Gasteiger partial charge in [0.25, 0.3) is 0 Å². The van der Waals surface area contributed by atoms with E-state index in [2.05, 4.69) is 61.5 Å². The van der Waals surface area contributed by atoms with E-state index in [4.69, 9.17) is 77.4 Å². The first kappa shape index (κ1) is 116. The second kappa shape index (κ2) is 63.5. The molecule has 6 N–H and O–H groups in total. The van der Waals surface area contributed by atoms with Gasteiger partial charge in [-0.05, 0) is 178 Å². The van der Waals surface area contributed by atoms with E-state index in [0.29, 0.717) is 175 Å². The average Bonchev–Trinajstić information content (AvgIpc) is 1.66. The van der Waals surface area contributed by atoms with Crippen molar-refractivity contribution in [3.8, 4) is 22.9 Å². The van der Waals surface area contributed by atoms with Gasteiger partial charge in [-0.3, -0.25) is 43.4 Å². The Labute approximate surface area is 770 Å². The molecule has 0 bridgehead atoms. The van der Waals surface area contributed by atoms with Gasteiger partial charge in [0.05, 0.1) is 174 Å². The van der Waals surface area contributed by atoms with Crippen molar-refractivity contribution in [2.45, 2.75) is 151 Å². The summed E-state index contributed by atoms with van der Waals surface area (Å²) < 4.78 is 106. The number of carbonyl (C=O) groups excluding carboxylic acids is 8. The number of nitrogens with one attached hydrogen (secondary N) is 4. The van der Waals surface area contributed by atoms with Gasteiger partial charge in [-0.2, -0.15) is 23.4 Å². The van der Waals surface area contributed by atoms with Gasteiger partial charge in [-0.15, -0.1) is 0 Å². The summed E-state index contributed by atoms with van der Waals surface area (Å²) in [5.41, 5.74) is 22.0. The molecule has 6 rings (SSSR count). The number of anilines is 2. The van der Waals surface area contributed by atoms with Crippen molar-refractivity contribution in [1.82, 2.24) is 50.8 Å². The standard InChI is InChI=1S/C42H61N9O11.C41H59N9O11.C2HF3O.Li.H2O/c1-30-13-14-44-36(26-30)50(41(55)62-42(4,5)6)16-9-12-37(52)45-29-38(53)47-35(28-39(54)56-7)33-10-8-11-34(27-33)51-32(3)40(31(2)48-51)61-25-24-60-23-22-59-21-20-58-19-18-57-17-15-46-49-43;1-29-12-13-43-35(25-29)49(40(55)61-41(4,5)6)15-8-11-36(51)44-28-37(52)46-34(27-38(53)54)32-9-7-10-33(26-32)50-31(3)39(30(2)47-50)60-24-23-59-22-21-58-20-19-57-18-17-56-16-14-45-48-42;3-2(4,5)1-6;;/h8,10-11,13-14,26-27,35H,9,12,15-25,28-29H2,1-7H3,(H,45,52)(H,47,53);7,9-10,12-13,25-26,34H,8,11,14-24,27-28H2,1-6H3,(H,44,51)(H,46,52)(H,53,54);1H;;1H2/q;;;+1;/p-1/t35-;34-;;;/m00.../s1. The minimum atomic E-state index is -4.64. The number of azide groups is 2. The van der Waals surface area contributed by atoms with E-state index in [9.17, 15) is 56.6 Å². The minimum absolute atomic E-state index is 0. The van der Waals surface area contributed by atoms with Gasteiger partial charge in [-0.25, -0.2) is 28.9 Å². The van der Waals surface area contributed by atoms with E-state index in [-0.39, 0.29) is 102 Å². The molecular weight excluding hydrogens is 1720 g/mol. The van der Waals surface area contributed by atoms with Crippen molar-refractivity contribution in [1.29, 1.82) is 0 Å². The van der Waals surface area contributed by atoms with Crippen LogP contribution in [0.5, 0.6) is 11.5 Å². The Bertz CT molecular complexity index is 4580. The first-order valence-electron chi connectivity index (χ1n) is 41.5. The summed E-state index contributed by atoms with van der Waals surface area (Å²) in [6.07, 6.45) is -3.67. The Balaban J connectivity index is 0.000000822. The molecular formula is C85H122F3LiN18O24. The summed E-state index contributed by atoms with van der Waals surface area (Å²) in [5.74, 6) is -1.57. The molecule has 0 aliphatic heterocycles. The molecule has 4 aromatic heterocycles. The third kappa shape index (κ3) is 48.8. The maximum Gasteiger partial charge on any atom is 1.00 e. The van der Waals surface area contributed by atoms with Gasteiger partial charge in [-0.1, -0.05) is 34.5 Å². The molecule has 2 atom stereocenters. The summed E-state index contributed by atoms with van der Waals surface area (Å²) in [6.45, 7) is 28.7. The fourth-order valence-corrected chi connectivity index (χ4v) is 11.5. The van der Waals surface area contributed by atoms with Crippen LogP contribution in [0.1, 0.15) is 137 Å². The Hall–Kier alpha value is -11.6. The third-order valence-electron chi connectivity index (χ3n) is 17.3. The summed E-state index contributed by atoms with van der Waals surface area (Å²) in [7, 11) is 1.27. The van der Waals surface area contributed by atoms with Crippen LogP contribution < -0.4 is 59.4 Å². The van der Waals surface area contributed by atoms with E-state index in [1.165, 1.54) is 16.9 Å². The Morgan fingerprint density at radius 1 is 0.511 bits per heavy atom. The number of aliphatic carboxylic acids is 1. The SMILES string of the molecule is COC(=O)C[C@H](NC(=O)CNC(=O)CCCN(C(=O)OC(C)(C)C)c1cc(C)ccn1)c1cccc(-n2nc(C)c(OCCOCCOCCOCCOCCN=[N+]=[N-])c2C)c1.Cc1ccnc(N(CCCC(=O)NCC(=O)N[C@@H](CC(=O)O)c2cccc(-n3nc(C)c(OCCOCCOCCOCCOCCN=[N+]=[N-])c3C)c2)C(=O)OC(C)(C)C)c1.O=CC(F)(F)F.[Li+].[OH-]. The van der Waals surface area contributed by atoms with E-state index in [0.717, 1.165) is 16.8 Å². The predicted molar refractivity (Wildman–Crippen MR) is 466 cm³/mol. The Morgan fingerprint density at radius 2 is 0.847 bits per heavy atom. The maximum absolute atomic E-state index is 13.1. The number of ether oxygens (including phenoxy) is 13. The zero-order valence-corrected chi connectivity index (χ0v) is 76.8. The topological polar surface area (TPSA) is 537 Å². The first-order chi connectivity index (χ1) is 61.5. The molecule has 0 spiro atoms. The number of aldehydes is 1. The molecule has 0 fully saturated rings. The smallest absolute Gasteiger partial charge is 0.870 e. The second-order valence-corrected chi connectivity index (χ2v) is 30.2. The quantitative estimate of drug-likeness (QED) is 0.00360. The molecule has 2 aromatic carbocycles. The zero-order valence-electron chi connectivity index (χ0n) is 76.8. The van der Waals surface area contributed by atoms with Gasteiger partial charge in [0.1, 0.15) is 47.4 Å². The van der Waals surface area contributed by atoms with Crippen molar-refractivity contribution in [2.24, 2.45) is 10.2 Å². The number of carbonyl (C=O) groups is 9. The van der Waals surface area contributed by atoms with Crippen LogP contribution in [-0.2, 0) is 85.7 Å². The van der Waals surface area contributed by atoms with Crippen molar-refractivity contribution < 1.29 is 147 Å². The molecule has 6 amide bonds. The maximum atomic E-state index is 13.1. The number of alkyl halides is 3. The van der Waals surface area contributed by atoms with Crippen LogP contribution in [0.4, 0.5) is 34.4 Å². The largest absolute Gasteiger partial charge is 1.00 e. The second-order valence-electron chi connectivity index (χ2n) is 30.2. The Morgan fingerprint density at radius 3 is 1.16 bits per heavy atom. The van der Waals surface area contributed by atoms with Crippen LogP contribution >= 0.6 is 0 Å². The number of amides is 6. The van der Waals surface area contributed by atoms with Crippen LogP contribution in [0.15, 0.2) is 95.4 Å². The number of hydrogen-bond donors (Lipinski definition) is 5. The number of aromatic nitrogens is 6. The molecule has 0 unspecified atom stereocenters. The molecule has 6 aromatic rings. The number of carboxylic acid groups (broad SMARTS) is 1. The fraction of sp³-hybridized carbons (Fsp3) is 0.565. The van der Waals surface area contributed by atoms with Gasteiger partial charge in [0.2, 0.25) is 29.9 Å².